The van der Waals surface area contributed by atoms with Gasteiger partial charge in [-0.3, -0.25) is 0 Å². The topological polar surface area (TPSA) is 105 Å². The molecule has 2 heterocycles. The van der Waals surface area contributed by atoms with Crippen LogP contribution in [0.4, 0.5) is 10.3 Å². The number of aromatic nitrogens is 3. The van der Waals surface area contributed by atoms with Crippen LogP contribution in [-0.4, -0.2) is 25.2 Å². The van der Waals surface area contributed by atoms with Crippen molar-refractivity contribution in [1.29, 1.82) is 0 Å². The molecule has 0 atom stereocenters. The summed E-state index contributed by atoms with van der Waals surface area (Å²) in [4.78, 5) is 12.0. The van der Waals surface area contributed by atoms with Crippen molar-refractivity contribution in [1.82, 2.24) is 15.0 Å². The van der Waals surface area contributed by atoms with Crippen LogP contribution in [-0.2, 0) is 0 Å². The molecule has 0 aliphatic carbocycles. The Morgan fingerprint density at radius 2 is 1.77 bits per heavy atom. The van der Waals surface area contributed by atoms with Crippen LogP contribution in [0, 0.1) is 5.82 Å². The van der Waals surface area contributed by atoms with E-state index >= 15 is 0 Å². The maximum atomic E-state index is 13.9. The van der Waals surface area contributed by atoms with E-state index in [2.05, 4.69) is 15.0 Å². The van der Waals surface area contributed by atoms with Gasteiger partial charge in [-0.05, 0) is 30.3 Å². The van der Waals surface area contributed by atoms with Crippen LogP contribution in [0.15, 0.2) is 42.6 Å². The summed E-state index contributed by atoms with van der Waals surface area (Å²) in [7, 11) is 0. The van der Waals surface area contributed by atoms with Gasteiger partial charge in [-0.25, -0.2) is 19.3 Å². The third-order valence-corrected chi connectivity index (χ3v) is 3.02. The molecule has 110 valence electrons. The lowest BCUT2D eigenvalue weighted by atomic mass is 10.1. The van der Waals surface area contributed by atoms with Gasteiger partial charge in [-0.1, -0.05) is 0 Å². The SMILES string of the molecule is Nc1nccc(-c2nc(-c3ccc(O)cc3F)ccc2O)n1. The quantitative estimate of drug-likeness (QED) is 0.670. The van der Waals surface area contributed by atoms with Crippen LogP contribution in [0.25, 0.3) is 22.6 Å². The molecule has 0 saturated heterocycles. The number of rotatable bonds is 2. The number of halogens is 1. The summed E-state index contributed by atoms with van der Waals surface area (Å²) in [6.07, 6.45) is 1.44. The molecule has 0 fully saturated rings. The first-order valence-corrected chi connectivity index (χ1v) is 6.32. The number of nitrogens with zero attached hydrogens (tertiary/aromatic N) is 3. The van der Waals surface area contributed by atoms with Crippen LogP contribution in [0.1, 0.15) is 0 Å². The molecule has 2 aromatic heterocycles. The highest BCUT2D eigenvalue weighted by Crippen LogP contribution is 2.31. The smallest absolute Gasteiger partial charge is 0.220 e. The van der Waals surface area contributed by atoms with Crippen molar-refractivity contribution < 1.29 is 14.6 Å². The lowest BCUT2D eigenvalue weighted by molar-refractivity contribution is 0.469. The Kier molecular flexibility index (Phi) is 3.30. The second kappa shape index (κ2) is 5.28. The Balaban J connectivity index is 2.14. The number of hydrogen-bond acceptors (Lipinski definition) is 6. The molecule has 0 amide bonds. The minimum Gasteiger partial charge on any atom is -0.508 e. The van der Waals surface area contributed by atoms with Gasteiger partial charge >= 0.3 is 0 Å². The normalized spacial score (nSPS) is 10.6. The van der Waals surface area contributed by atoms with Gasteiger partial charge in [0.25, 0.3) is 0 Å². The van der Waals surface area contributed by atoms with E-state index in [9.17, 15) is 14.6 Å². The molecular formula is C15H11FN4O2. The van der Waals surface area contributed by atoms with Crippen molar-refractivity contribution in [3.05, 3.63) is 48.4 Å². The molecule has 3 aromatic rings. The van der Waals surface area contributed by atoms with E-state index in [-0.39, 0.29) is 28.7 Å². The molecule has 0 unspecified atom stereocenters. The molecule has 0 bridgehead atoms. The molecule has 0 spiro atoms. The van der Waals surface area contributed by atoms with Crippen LogP contribution in [0.2, 0.25) is 0 Å². The minimum absolute atomic E-state index is 0.0416. The van der Waals surface area contributed by atoms with Gasteiger partial charge in [0.1, 0.15) is 23.0 Å². The zero-order valence-corrected chi connectivity index (χ0v) is 11.2. The Labute approximate surface area is 124 Å². The highest BCUT2D eigenvalue weighted by atomic mass is 19.1. The maximum Gasteiger partial charge on any atom is 0.220 e. The number of aromatic hydroxyl groups is 2. The number of nitrogen functional groups attached to an aromatic ring is 1. The molecule has 4 N–H and O–H groups in total. The number of pyridine rings is 1. The average molecular weight is 298 g/mol. The van der Waals surface area contributed by atoms with Gasteiger partial charge in [0.05, 0.1) is 11.4 Å². The van der Waals surface area contributed by atoms with Gasteiger partial charge in [0.2, 0.25) is 5.95 Å². The summed E-state index contributed by atoms with van der Waals surface area (Å²) < 4.78 is 13.9. The predicted octanol–water partition coefficient (Wildman–Crippen LogP) is 2.34. The first-order valence-electron chi connectivity index (χ1n) is 6.32. The molecule has 0 saturated carbocycles. The summed E-state index contributed by atoms with van der Waals surface area (Å²) >= 11 is 0. The van der Waals surface area contributed by atoms with Gasteiger partial charge in [-0.2, -0.15) is 0 Å². The van der Waals surface area contributed by atoms with E-state index in [4.69, 9.17) is 5.73 Å². The standard InChI is InChI=1S/C15H11FN4O2/c16-10-7-8(21)1-2-9(10)11-3-4-13(22)14(19-11)12-5-6-18-15(17)20-12/h1-7,21-22H,(H2,17,18,20). The van der Waals surface area contributed by atoms with E-state index in [0.717, 1.165) is 6.07 Å². The molecule has 1 aromatic carbocycles. The Hall–Kier alpha value is -3.22. The third kappa shape index (κ3) is 2.51. The largest absolute Gasteiger partial charge is 0.508 e. The van der Waals surface area contributed by atoms with E-state index in [1.807, 2.05) is 0 Å². The highest BCUT2D eigenvalue weighted by Gasteiger charge is 2.13. The van der Waals surface area contributed by atoms with Gasteiger partial charge in [-0.15, -0.1) is 0 Å². The predicted molar refractivity (Wildman–Crippen MR) is 78.4 cm³/mol. The molecule has 0 radical (unpaired) electrons. The Morgan fingerprint density at radius 3 is 2.50 bits per heavy atom. The zero-order valence-electron chi connectivity index (χ0n) is 11.2. The molecule has 0 aliphatic heterocycles. The molecule has 3 rings (SSSR count). The van der Waals surface area contributed by atoms with Gasteiger partial charge < -0.3 is 15.9 Å². The lowest BCUT2D eigenvalue weighted by Crippen LogP contribution is -1.97. The zero-order chi connectivity index (χ0) is 15.7. The lowest BCUT2D eigenvalue weighted by Gasteiger charge is -2.08. The highest BCUT2D eigenvalue weighted by molar-refractivity contribution is 5.69. The number of benzene rings is 1. The Morgan fingerprint density at radius 1 is 0.955 bits per heavy atom. The molecule has 22 heavy (non-hydrogen) atoms. The van der Waals surface area contributed by atoms with E-state index < -0.39 is 5.82 Å². The van der Waals surface area contributed by atoms with E-state index in [0.29, 0.717) is 11.4 Å². The summed E-state index contributed by atoms with van der Waals surface area (Å²) in [6, 6.07) is 8.15. The van der Waals surface area contributed by atoms with E-state index in [1.165, 1.54) is 36.5 Å². The minimum atomic E-state index is -0.619. The van der Waals surface area contributed by atoms with Crippen LogP contribution in [0.3, 0.4) is 0 Å². The second-order valence-corrected chi connectivity index (χ2v) is 4.53. The molecule has 6 nitrogen and oxygen atoms in total. The van der Waals surface area contributed by atoms with Gasteiger partial charge in [0, 0.05) is 17.8 Å². The van der Waals surface area contributed by atoms with Crippen molar-refractivity contribution in [3.63, 3.8) is 0 Å². The van der Waals surface area contributed by atoms with Crippen molar-refractivity contribution in [2.75, 3.05) is 5.73 Å². The first-order chi connectivity index (χ1) is 10.5. The van der Waals surface area contributed by atoms with Crippen LogP contribution < -0.4 is 5.73 Å². The molecule has 7 heteroatoms. The summed E-state index contributed by atoms with van der Waals surface area (Å²) in [5.74, 6) is -0.865. The first kappa shape index (κ1) is 13.7. The van der Waals surface area contributed by atoms with Crippen LogP contribution >= 0.6 is 0 Å². The van der Waals surface area contributed by atoms with Crippen molar-refractivity contribution in [3.8, 4) is 34.1 Å². The number of phenolic OH excluding ortho intramolecular Hbond substituents is 1. The Bertz CT molecular complexity index is 855. The fourth-order valence-electron chi connectivity index (χ4n) is 2.01. The molecule has 0 aliphatic rings. The summed E-state index contributed by atoms with van der Waals surface area (Å²) in [6.45, 7) is 0. The number of hydrogen-bond donors (Lipinski definition) is 3. The van der Waals surface area contributed by atoms with Crippen molar-refractivity contribution >= 4 is 5.95 Å². The third-order valence-electron chi connectivity index (χ3n) is 3.02. The average Bonchev–Trinajstić information content (AvgIpc) is 2.48. The monoisotopic (exact) mass is 298 g/mol. The number of anilines is 1. The molecular weight excluding hydrogens is 287 g/mol. The van der Waals surface area contributed by atoms with E-state index in [1.54, 1.807) is 0 Å². The van der Waals surface area contributed by atoms with Crippen LogP contribution in [0.5, 0.6) is 11.5 Å². The van der Waals surface area contributed by atoms with Gasteiger partial charge in [0.15, 0.2) is 0 Å². The fraction of sp³-hybridized carbons (Fsp3) is 0. The van der Waals surface area contributed by atoms with Crippen molar-refractivity contribution in [2.24, 2.45) is 0 Å². The second-order valence-electron chi connectivity index (χ2n) is 4.53. The fourth-order valence-corrected chi connectivity index (χ4v) is 2.01. The maximum absolute atomic E-state index is 13.9. The van der Waals surface area contributed by atoms with Crippen molar-refractivity contribution in [2.45, 2.75) is 0 Å². The number of nitrogens with two attached hydrogens (primary N) is 1. The summed E-state index contributed by atoms with van der Waals surface area (Å²) in [5, 5.41) is 19.2. The summed E-state index contributed by atoms with van der Waals surface area (Å²) in [5.41, 5.74) is 6.50. The number of phenols is 1.